The Morgan fingerprint density at radius 2 is 1.78 bits per heavy atom. The minimum absolute atomic E-state index is 0.0731. The van der Waals surface area contributed by atoms with E-state index >= 15 is 0 Å². The Kier molecular flexibility index (Phi) is 6.66. The van der Waals surface area contributed by atoms with Crippen LogP contribution in [0.15, 0.2) is 77.5 Å². The number of fused-ring (bicyclic) bond motifs is 1. The van der Waals surface area contributed by atoms with Crippen LogP contribution in [0.1, 0.15) is 22.7 Å². The Hall–Kier alpha value is -4.27. The molecule has 0 aliphatic carbocycles. The topological polar surface area (TPSA) is 110 Å². The van der Waals surface area contributed by atoms with Crippen LogP contribution in [-0.2, 0) is 13.2 Å². The normalized spacial score (nSPS) is 10.6. The highest BCUT2D eigenvalue weighted by Gasteiger charge is 2.12. The fourth-order valence-electron chi connectivity index (χ4n) is 3.11. The second kappa shape index (κ2) is 10.2. The molecule has 0 saturated heterocycles. The molecule has 3 N–H and O–H groups in total. The number of imidazole rings is 1. The molecule has 9 nitrogen and oxygen atoms in total. The first-order chi connectivity index (χ1) is 15.7. The van der Waals surface area contributed by atoms with Crippen LogP contribution in [0, 0.1) is 0 Å². The molecule has 2 aromatic carbocycles. The number of aromatic nitrogens is 2. The summed E-state index contributed by atoms with van der Waals surface area (Å²) in [6.45, 7) is 1.35. The second-order valence-electron chi connectivity index (χ2n) is 6.98. The Balaban J connectivity index is 1.15. The molecule has 0 bridgehead atoms. The molecule has 2 aromatic heterocycles. The predicted molar refractivity (Wildman–Crippen MR) is 118 cm³/mol. The number of hydrazine groups is 1. The van der Waals surface area contributed by atoms with E-state index in [4.69, 9.17) is 9.15 Å². The summed E-state index contributed by atoms with van der Waals surface area (Å²) in [5, 5.41) is 2.69. The highest BCUT2D eigenvalue weighted by molar-refractivity contribution is 5.92. The molecule has 0 spiro atoms. The molecule has 4 aromatic rings. The van der Waals surface area contributed by atoms with E-state index in [0.717, 1.165) is 11.0 Å². The average molecular weight is 433 g/mol. The number of nitrogens with one attached hydrogen (secondary N) is 3. The van der Waals surface area contributed by atoms with Crippen LogP contribution in [0.3, 0.4) is 0 Å². The number of furan rings is 1. The van der Waals surface area contributed by atoms with Crippen molar-refractivity contribution in [3.8, 4) is 5.75 Å². The van der Waals surface area contributed by atoms with E-state index < -0.39 is 11.9 Å². The molecule has 3 amide bonds. The Morgan fingerprint density at radius 3 is 2.66 bits per heavy atom. The lowest BCUT2D eigenvalue weighted by Gasteiger charge is -2.09. The number of hydrogen-bond acceptors (Lipinski definition) is 5. The zero-order valence-corrected chi connectivity index (χ0v) is 17.3. The highest BCUT2D eigenvalue weighted by Crippen LogP contribution is 2.14. The monoisotopic (exact) mass is 433 g/mol. The van der Waals surface area contributed by atoms with Crippen LogP contribution in [-0.4, -0.2) is 28.0 Å². The van der Waals surface area contributed by atoms with Crippen LogP contribution in [0.4, 0.5) is 4.79 Å². The van der Waals surface area contributed by atoms with Crippen LogP contribution >= 0.6 is 0 Å². The van der Waals surface area contributed by atoms with Crippen molar-refractivity contribution in [3.63, 3.8) is 0 Å². The molecule has 0 radical (unpaired) electrons. The van der Waals surface area contributed by atoms with Gasteiger partial charge in [0.25, 0.3) is 0 Å². The summed E-state index contributed by atoms with van der Waals surface area (Å²) in [6.07, 6.45) is 2.50. The summed E-state index contributed by atoms with van der Waals surface area (Å²) >= 11 is 0. The van der Waals surface area contributed by atoms with Crippen LogP contribution in [0.5, 0.6) is 5.75 Å². The van der Waals surface area contributed by atoms with E-state index in [1.807, 2.05) is 59.2 Å². The summed E-state index contributed by atoms with van der Waals surface area (Å²) in [4.78, 5) is 28.4. The number of rotatable bonds is 8. The predicted octanol–water partition coefficient (Wildman–Crippen LogP) is 3.24. The Morgan fingerprint density at radius 1 is 0.969 bits per heavy atom. The minimum atomic E-state index is -0.559. The van der Waals surface area contributed by atoms with Crippen LogP contribution in [0.25, 0.3) is 11.0 Å². The maximum atomic E-state index is 12.1. The number of carbonyl (C=O) groups is 2. The summed E-state index contributed by atoms with van der Waals surface area (Å²) in [5.74, 6) is 0.713. The standard InChI is InChI=1S/C23H23N5O4/c29-22(21-12-11-18(32-21)15-31-17-7-2-1-3-8-17)26-27-23(30)24-13-6-14-28-16-25-19-9-4-5-10-20(19)28/h1-5,7-12,16H,6,13-15H2,(H,26,29)(H2,24,27,30). The van der Waals surface area contributed by atoms with E-state index in [2.05, 4.69) is 21.2 Å². The largest absolute Gasteiger partial charge is 0.486 e. The van der Waals surface area contributed by atoms with E-state index in [9.17, 15) is 9.59 Å². The number of urea groups is 1. The zero-order valence-electron chi connectivity index (χ0n) is 17.3. The van der Waals surface area contributed by atoms with Crippen molar-refractivity contribution in [1.29, 1.82) is 0 Å². The second-order valence-corrected chi connectivity index (χ2v) is 6.98. The molecular formula is C23H23N5O4. The Labute approximate surface area is 184 Å². The van der Waals surface area contributed by atoms with Gasteiger partial charge in [0.15, 0.2) is 5.76 Å². The van der Waals surface area contributed by atoms with Crippen molar-refractivity contribution in [2.75, 3.05) is 6.54 Å². The quantitative estimate of drug-likeness (QED) is 0.292. The summed E-state index contributed by atoms with van der Waals surface area (Å²) < 4.78 is 13.1. The summed E-state index contributed by atoms with van der Waals surface area (Å²) in [5.41, 5.74) is 6.62. The summed E-state index contributed by atoms with van der Waals surface area (Å²) in [6, 6.07) is 19.8. The smallest absolute Gasteiger partial charge is 0.333 e. The number of hydrogen-bond donors (Lipinski definition) is 3. The van der Waals surface area contributed by atoms with Gasteiger partial charge in [-0.2, -0.15) is 0 Å². The number of aryl methyl sites for hydroxylation is 1. The van der Waals surface area contributed by atoms with Gasteiger partial charge in [-0.1, -0.05) is 30.3 Å². The van der Waals surface area contributed by atoms with Gasteiger partial charge in [0.1, 0.15) is 18.1 Å². The van der Waals surface area contributed by atoms with Gasteiger partial charge in [0.2, 0.25) is 0 Å². The third kappa shape index (κ3) is 5.45. The van der Waals surface area contributed by atoms with Gasteiger partial charge in [-0.3, -0.25) is 10.2 Å². The highest BCUT2D eigenvalue weighted by atomic mass is 16.5. The average Bonchev–Trinajstić information content (AvgIpc) is 3.47. The van der Waals surface area contributed by atoms with E-state index in [-0.39, 0.29) is 12.4 Å². The fourth-order valence-corrected chi connectivity index (χ4v) is 3.11. The van der Waals surface area contributed by atoms with Crippen molar-refractivity contribution < 1.29 is 18.7 Å². The van der Waals surface area contributed by atoms with Crippen molar-refractivity contribution >= 4 is 23.0 Å². The van der Waals surface area contributed by atoms with Crippen LogP contribution in [0.2, 0.25) is 0 Å². The van der Waals surface area contributed by atoms with Crippen LogP contribution < -0.4 is 20.9 Å². The molecule has 0 fully saturated rings. The zero-order chi connectivity index (χ0) is 22.2. The molecule has 32 heavy (non-hydrogen) atoms. The molecule has 4 rings (SSSR count). The molecule has 0 saturated carbocycles. The van der Waals surface area contributed by atoms with Gasteiger partial charge in [-0.05, 0) is 42.8 Å². The Bertz CT molecular complexity index is 1190. The maximum absolute atomic E-state index is 12.1. The van der Waals surface area contributed by atoms with Gasteiger partial charge in [-0.15, -0.1) is 0 Å². The van der Waals surface area contributed by atoms with Gasteiger partial charge < -0.3 is 19.0 Å². The third-order valence-electron chi connectivity index (χ3n) is 4.69. The lowest BCUT2D eigenvalue weighted by atomic mass is 10.3. The minimum Gasteiger partial charge on any atom is -0.486 e. The molecule has 0 atom stereocenters. The lowest BCUT2D eigenvalue weighted by molar-refractivity contribution is 0.0904. The summed E-state index contributed by atoms with van der Waals surface area (Å²) in [7, 11) is 0. The van der Waals surface area contributed by atoms with E-state index in [0.29, 0.717) is 31.0 Å². The number of amides is 3. The van der Waals surface area contributed by atoms with Crippen molar-refractivity contribution in [2.24, 2.45) is 0 Å². The van der Waals surface area contributed by atoms with E-state index in [1.165, 1.54) is 6.07 Å². The first-order valence-electron chi connectivity index (χ1n) is 10.2. The molecule has 0 aliphatic rings. The number of benzene rings is 2. The van der Waals surface area contributed by atoms with Crippen molar-refractivity contribution in [1.82, 2.24) is 25.7 Å². The fraction of sp³-hybridized carbons (Fsp3) is 0.174. The number of ether oxygens (including phenoxy) is 1. The van der Waals surface area contributed by atoms with Gasteiger partial charge >= 0.3 is 11.9 Å². The third-order valence-corrected chi connectivity index (χ3v) is 4.69. The first-order valence-corrected chi connectivity index (χ1v) is 10.2. The molecule has 2 heterocycles. The van der Waals surface area contributed by atoms with E-state index in [1.54, 1.807) is 12.4 Å². The molecular weight excluding hydrogens is 410 g/mol. The van der Waals surface area contributed by atoms with Gasteiger partial charge in [0, 0.05) is 13.1 Å². The van der Waals surface area contributed by atoms with Gasteiger partial charge in [-0.25, -0.2) is 15.2 Å². The molecule has 0 aliphatic heterocycles. The first kappa shape index (κ1) is 21.0. The number of nitrogens with zero attached hydrogens (tertiary/aromatic N) is 2. The number of carbonyl (C=O) groups excluding carboxylic acids is 2. The van der Waals surface area contributed by atoms with Gasteiger partial charge in [0.05, 0.1) is 17.4 Å². The maximum Gasteiger partial charge on any atom is 0.333 e. The van der Waals surface area contributed by atoms with Crippen molar-refractivity contribution in [2.45, 2.75) is 19.6 Å². The molecule has 0 unspecified atom stereocenters. The SMILES string of the molecule is O=C(NCCCn1cnc2ccccc21)NNC(=O)c1ccc(COc2ccccc2)o1. The molecule has 164 valence electrons. The van der Waals surface area contributed by atoms with Crippen molar-refractivity contribution in [3.05, 3.63) is 84.6 Å². The number of para-hydroxylation sites is 3. The molecule has 9 heteroatoms. The lowest BCUT2D eigenvalue weighted by Crippen LogP contribution is -2.47.